The van der Waals surface area contributed by atoms with Crippen LogP contribution in [0.1, 0.15) is 13.3 Å². The van der Waals surface area contributed by atoms with Gasteiger partial charge in [-0.3, -0.25) is 0 Å². The quantitative estimate of drug-likeness (QED) is 0.530. The average Bonchev–Trinajstić information content (AvgIpc) is 2.45. The second kappa shape index (κ2) is 1.75. The molecule has 1 nitrogen and oxygen atoms in total. The van der Waals surface area contributed by atoms with Crippen LogP contribution in [0, 0.1) is 0 Å². The van der Waals surface area contributed by atoms with E-state index in [2.05, 4.69) is 13.0 Å². The summed E-state index contributed by atoms with van der Waals surface area (Å²) in [5, 5.41) is 0. The maximum Gasteiger partial charge on any atom is 0.0713 e. The van der Waals surface area contributed by atoms with Crippen LogP contribution in [0.25, 0.3) is 0 Å². The second-order valence-electron chi connectivity index (χ2n) is 2.14. The van der Waals surface area contributed by atoms with Crippen LogP contribution in [0.3, 0.4) is 0 Å². The summed E-state index contributed by atoms with van der Waals surface area (Å²) < 4.78 is 0. The Morgan fingerprint density at radius 1 is 1.62 bits per heavy atom. The third-order valence-corrected chi connectivity index (χ3v) is 1.19. The van der Waals surface area contributed by atoms with Crippen LogP contribution < -0.4 is 5.73 Å². The zero-order valence-corrected chi connectivity index (χ0v) is 5.09. The summed E-state index contributed by atoms with van der Waals surface area (Å²) in [7, 11) is 0. The van der Waals surface area contributed by atoms with Crippen molar-refractivity contribution in [2.24, 2.45) is 5.73 Å². The van der Waals surface area contributed by atoms with Gasteiger partial charge in [-0.1, -0.05) is 31.2 Å². The van der Waals surface area contributed by atoms with Crippen LogP contribution in [0.2, 0.25) is 0 Å². The van der Waals surface area contributed by atoms with Crippen LogP contribution >= 0.6 is 0 Å². The summed E-state index contributed by atoms with van der Waals surface area (Å²) in [4.78, 5) is 0. The van der Waals surface area contributed by atoms with Crippen molar-refractivity contribution in [3.8, 4) is 0 Å². The monoisotopic (exact) mass is 109 g/mol. The van der Waals surface area contributed by atoms with E-state index in [1.807, 2.05) is 18.2 Å². The van der Waals surface area contributed by atoms with Gasteiger partial charge < -0.3 is 5.73 Å². The van der Waals surface area contributed by atoms with Crippen molar-refractivity contribution in [1.29, 1.82) is 0 Å². The Hall–Kier alpha value is -0.560. The molecule has 1 rings (SSSR count). The van der Waals surface area contributed by atoms with E-state index in [0.717, 1.165) is 6.42 Å². The Balaban J connectivity index is 2.29. The lowest BCUT2D eigenvalue weighted by atomic mass is 10.2. The fourth-order valence-electron chi connectivity index (χ4n) is 0.529. The van der Waals surface area contributed by atoms with Crippen LogP contribution in [-0.2, 0) is 0 Å². The first kappa shape index (κ1) is 5.57. The molecule has 0 aromatic carbocycles. The highest BCUT2D eigenvalue weighted by Gasteiger charge is 2.23. The molecule has 0 heterocycles. The molecule has 2 N–H and O–H groups in total. The molecule has 0 amide bonds. The predicted molar refractivity (Wildman–Crippen MR) is 35.5 cm³/mol. The highest BCUT2D eigenvalue weighted by Crippen LogP contribution is 2.20. The van der Waals surface area contributed by atoms with Crippen LogP contribution in [-0.4, -0.2) is 5.54 Å². The largest absolute Gasteiger partial charge is 0.315 e. The molecule has 0 spiro atoms. The van der Waals surface area contributed by atoms with Gasteiger partial charge in [0.15, 0.2) is 0 Å². The maximum absolute atomic E-state index is 5.63. The third-order valence-electron chi connectivity index (χ3n) is 1.19. The van der Waals surface area contributed by atoms with Gasteiger partial charge in [-0.2, -0.15) is 0 Å². The predicted octanol–water partition coefficient (Wildman–Crippen LogP) is 1.22. The van der Waals surface area contributed by atoms with Crippen LogP contribution in [0.15, 0.2) is 24.3 Å². The molecule has 1 aliphatic carbocycles. The Bertz CT molecular complexity index is 127. The van der Waals surface area contributed by atoms with Gasteiger partial charge in [0, 0.05) is 0 Å². The summed E-state index contributed by atoms with van der Waals surface area (Å²) >= 11 is 0. The van der Waals surface area contributed by atoms with Gasteiger partial charge in [-0.05, 0) is 6.42 Å². The van der Waals surface area contributed by atoms with Gasteiger partial charge in [0.1, 0.15) is 0 Å². The zero-order valence-electron chi connectivity index (χ0n) is 5.09. The molecule has 0 saturated carbocycles. The van der Waals surface area contributed by atoms with E-state index in [1.165, 1.54) is 0 Å². The topological polar surface area (TPSA) is 26.0 Å². The van der Waals surface area contributed by atoms with E-state index in [4.69, 9.17) is 5.73 Å². The molecule has 0 bridgehead atoms. The second-order valence-corrected chi connectivity index (χ2v) is 2.14. The first-order valence-electron chi connectivity index (χ1n) is 2.94. The minimum Gasteiger partial charge on any atom is -0.315 e. The highest BCUT2D eigenvalue weighted by atomic mass is 14.7. The number of hydrogen-bond acceptors (Lipinski definition) is 1. The van der Waals surface area contributed by atoms with Crippen molar-refractivity contribution < 1.29 is 0 Å². The fraction of sp³-hybridized carbons (Fsp3) is 0.429. The standard InChI is InChI=1S/C7H11N/c1-2-3-4-7(8)5-6-7/h3-6H,2,8H2,1H3/b4-3+. The molecule has 0 fully saturated rings. The van der Waals surface area contributed by atoms with Crippen LogP contribution in [0.4, 0.5) is 0 Å². The summed E-state index contributed by atoms with van der Waals surface area (Å²) in [5.41, 5.74) is 5.51. The molecule has 0 saturated heterocycles. The van der Waals surface area contributed by atoms with Gasteiger partial charge in [-0.15, -0.1) is 0 Å². The molecule has 44 valence electrons. The lowest BCUT2D eigenvalue weighted by molar-refractivity contribution is 0.930. The zero-order chi connectivity index (χ0) is 6.04. The van der Waals surface area contributed by atoms with Crippen molar-refractivity contribution in [1.82, 2.24) is 0 Å². The van der Waals surface area contributed by atoms with Crippen molar-refractivity contribution >= 4 is 0 Å². The van der Waals surface area contributed by atoms with Crippen molar-refractivity contribution in [3.05, 3.63) is 24.3 Å². The molecule has 0 radical (unpaired) electrons. The molecule has 0 atom stereocenters. The summed E-state index contributed by atoms with van der Waals surface area (Å²) in [6, 6.07) is 0. The summed E-state index contributed by atoms with van der Waals surface area (Å²) in [6.07, 6.45) is 9.14. The molecule has 0 aromatic heterocycles. The third kappa shape index (κ3) is 1.20. The molecular weight excluding hydrogens is 98.1 g/mol. The normalized spacial score (nSPS) is 22.2. The Kier molecular flexibility index (Phi) is 1.22. The molecular formula is C7H11N. The number of allylic oxidation sites excluding steroid dienone is 1. The lowest BCUT2D eigenvalue weighted by Crippen LogP contribution is -2.19. The van der Waals surface area contributed by atoms with Gasteiger partial charge in [0.2, 0.25) is 0 Å². The van der Waals surface area contributed by atoms with Crippen molar-refractivity contribution in [2.75, 3.05) is 0 Å². The Labute approximate surface area is 49.9 Å². The molecule has 0 aromatic rings. The minimum absolute atomic E-state index is 0.129. The average molecular weight is 109 g/mol. The number of rotatable bonds is 2. The molecule has 8 heavy (non-hydrogen) atoms. The van der Waals surface area contributed by atoms with Crippen molar-refractivity contribution in [2.45, 2.75) is 18.9 Å². The first-order chi connectivity index (χ1) is 3.77. The molecule has 0 unspecified atom stereocenters. The minimum atomic E-state index is -0.129. The van der Waals surface area contributed by atoms with E-state index in [9.17, 15) is 0 Å². The Morgan fingerprint density at radius 3 is 2.62 bits per heavy atom. The molecule has 1 aliphatic rings. The first-order valence-corrected chi connectivity index (χ1v) is 2.94. The molecule has 0 aliphatic heterocycles. The fourth-order valence-corrected chi connectivity index (χ4v) is 0.529. The van der Waals surface area contributed by atoms with E-state index in [1.54, 1.807) is 0 Å². The van der Waals surface area contributed by atoms with Gasteiger partial charge in [-0.25, -0.2) is 0 Å². The smallest absolute Gasteiger partial charge is 0.0713 e. The summed E-state index contributed by atoms with van der Waals surface area (Å²) in [6.45, 7) is 2.10. The van der Waals surface area contributed by atoms with Gasteiger partial charge in [0.25, 0.3) is 0 Å². The molecule has 1 heteroatoms. The Morgan fingerprint density at radius 2 is 2.25 bits per heavy atom. The SMILES string of the molecule is CC/C=C/C1(N)C=C1. The van der Waals surface area contributed by atoms with E-state index in [-0.39, 0.29) is 5.54 Å². The van der Waals surface area contributed by atoms with E-state index in [0.29, 0.717) is 0 Å². The van der Waals surface area contributed by atoms with E-state index < -0.39 is 0 Å². The maximum atomic E-state index is 5.63. The number of nitrogens with two attached hydrogens (primary N) is 1. The van der Waals surface area contributed by atoms with E-state index >= 15 is 0 Å². The summed E-state index contributed by atoms with van der Waals surface area (Å²) in [5.74, 6) is 0. The van der Waals surface area contributed by atoms with Gasteiger partial charge >= 0.3 is 0 Å². The van der Waals surface area contributed by atoms with Gasteiger partial charge in [0.05, 0.1) is 5.54 Å². The lowest BCUT2D eigenvalue weighted by Gasteiger charge is -1.97. The highest BCUT2D eigenvalue weighted by molar-refractivity contribution is 5.40. The number of hydrogen-bond donors (Lipinski definition) is 1. The van der Waals surface area contributed by atoms with Crippen molar-refractivity contribution in [3.63, 3.8) is 0 Å². The van der Waals surface area contributed by atoms with Crippen LogP contribution in [0.5, 0.6) is 0 Å².